The van der Waals surface area contributed by atoms with Gasteiger partial charge in [-0.15, -0.1) is 10.2 Å². The highest BCUT2D eigenvalue weighted by Gasteiger charge is 2.13. The van der Waals surface area contributed by atoms with Gasteiger partial charge in [-0.2, -0.15) is 0 Å². The molecule has 1 aromatic carbocycles. The summed E-state index contributed by atoms with van der Waals surface area (Å²) in [6, 6.07) is 4.50. The van der Waals surface area contributed by atoms with E-state index in [-0.39, 0.29) is 5.75 Å². The number of carbonyl (C=O) groups excluding carboxylic acids is 2. The summed E-state index contributed by atoms with van der Waals surface area (Å²) in [5.41, 5.74) is 0.502. The minimum absolute atomic E-state index is 0.0497. The van der Waals surface area contributed by atoms with Crippen LogP contribution in [0.4, 0.5) is 10.5 Å². The molecule has 0 fully saturated rings. The fourth-order valence-electron chi connectivity index (χ4n) is 2.21. The van der Waals surface area contributed by atoms with Crippen molar-refractivity contribution in [3.05, 3.63) is 24.0 Å². The molecule has 1 heterocycles. The van der Waals surface area contributed by atoms with E-state index in [0.29, 0.717) is 35.6 Å². The monoisotopic (exact) mass is 421 g/mol. The number of carbonyl (C=O) groups is 2. The predicted octanol–water partition coefficient (Wildman–Crippen LogP) is 3.14. The Bertz CT molecular complexity index is 840. The summed E-state index contributed by atoms with van der Waals surface area (Å²) in [4.78, 5) is 24.2. The molecule has 0 aliphatic carbocycles. The molecular weight excluding hydrogens is 394 g/mol. The number of aromatic nitrogens is 3. The van der Waals surface area contributed by atoms with E-state index in [9.17, 15) is 9.59 Å². The summed E-state index contributed by atoms with van der Waals surface area (Å²) in [6.07, 6.45) is 1.73. The van der Waals surface area contributed by atoms with Crippen molar-refractivity contribution < 1.29 is 19.1 Å². The Morgan fingerprint density at radius 3 is 2.41 bits per heavy atom. The average Bonchev–Trinajstić information content (AvgIpc) is 3.01. The fraction of sp³-hybridized carbons (Fsp3) is 0.474. The van der Waals surface area contributed by atoms with Gasteiger partial charge in [-0.3, -0.25) is 10.1 Å². The van der Waals surface area contributed by atoms with Gasteiger partial charge in [0.2, 0.25) is 5.91 Å². The van der Waals surface area contributed by atoms with Crippen LogP contribution in [0.2, 0.25) is 0 Å². The maximum atomic E-state index is 12.1. The van der Waals surface area contributed by atoms with E-state index >= 15 is 0 Å². The van der Waals surface area contributed by atoms with E-state index in [4.69, 9.17) is 9.47 Å². The van der Waals surface area contributed by atoms with Gasteiger partial charge in [-0.25, -0.2) is 4.79 Å². The molecule has 0 aliphatic heterocycles. The van der Waals surface area contributed by atoms with Crippen LogP contribution < -0.4 is 20.1 Å². The average molecular weight is 422 g/mol. The third-order valence-electron chi connectivity index (χ3n) is 3.76. The quantitative estimate of drug-likeness (QED) is 0.568. The van der Waals surface area contributed by atoms with Gasteiger partial charge in [0.15, 0.2) is 16.7 Å². The Morgan fingerprint density at radius 1 is 1.10 bits per heavy atom. The lowest BCUT2D eigenvalue weighted by Gasteiger charge is -2.14. The molecule has 0 spiro atoms. The maximum absolute atomic E-state index is 12.1. The number of nitrogens with zero attached hydrogens (tertiary/aromatic N) is 3. The smallest absolute Gasteiger partial charge is 0.325 e. The highest BCUT2D eigenvalue weighted by Crippen LogP contribution is 2.31. The number of aryl methyl sites for hydroxylation is 1. The number of amides is 3. The fourth-order valence-corrected chi connectivity index (χ4v) is 2.97. The Balaban J connectivity index is 1.91. The van der Waals surface area contributed by atoms with Gasteiger partial charge >= 0.3 is 6.03 Å². The summed E-state index contributed by atoms with van der Waals surface area (Å²) < 4.78 is 13.2. The van der Waals surface area contributed by atoms with Gasteiger partial charge in [0.1, 0.15) is 5.82 Å². The number of ether oxygens (including phenoxy) is 2. The number of hydrogen-bond donors (Lipinski definition) is 2. The van der Waals surface area contributed by atoms with Crippen LogP contribution in [-0.4, -0.2) is 45.7 Å². The third-order valence-corrected chi connectivity index (χ3v) is 4.78. The van der Waals surface area contributed by atoms with Crippen molar-refractivity contribution in [2.24, 2.45) is 7.05 Å². The molecule has 3 amide bonds. The molecule has 1 aromatic heterocycles. The van der Waals surface area contributed by atoms with Gasteiger partial charge in [0.25, 0.3) is 0 Å². The summed E-state index contributed by atoms with van der Waals surface area (Å²) in [7, 11) is 1.81. The Morgan fingerprint density at radius 2 is 1.79 bits per heavy atom. The summed E-state index contributed by atoms with van der Waals surface area (Å²) in [5.74, 6) is 1.54. The first-order chi connectivity index (χ1) is 13.9. The maximum Gasteiger partial charge on any atom is 0.325 e. The third kappa shape index (κ3) is 6.97. The number of imide groups is 1. The van der Waals surface area contributed by atoms with Gasteiger partial charge < -0.3 is 19.4 Å². The van der Waals surface area contributed by atoms with Crippen molar-refractivity contribution in [1.29, 1.82) is 0 Å². The zero-order valence-corrected chi connectivity index (χ0v) is 18.0. The molecular formula is C19H27N5O4S. The predicted molar refractivity (Wildman–Crippen MR) is 112 cm³/mol. The molecule has 2 aromatic rings. The van der Waals surface area contributed by atoms with E-state index < -0.39 is 11.9 Å². The standard InChI is InChI=1S/C19H27N5O4S/c1-5-9-27-15-8-7-14(11-16(15)28-10-6-2)20-18(26)21-17(25)12-29-19-23-22-13(3)24(19)4/h7-8,11H,5-6,9-10,12H2,1-4H3,(H2,20,21,25,26). The molecule has 9 nitrogen and oxygen atoms in total. The van der Waals surface area contributed by atoms with Crippen LogP contribution in [0.1, 0.15) is 32.5 Å². The molecule has 0 bridgehead atoms. The summed E-state index contributed by atoms with van der Waals surface area (Å²) >= 11 is 1.21. The number of urea groups is 1. The van der Waals surface area contributed by atoms with Crippen molar-refractivity contribution in [3.8, 4) is 11.5 Å². The topological polar surface area (TPSA) is 107 Å². The molecule has 10 heteroatoms. The first-order valence-electron chi connectivity index (χ1n) is 9.43. The highest BCUT2D eigenvalue weighted by atomic mass is 32.2. The van der Waals surface area contributed by atoms with Crippen molar-refractivity contribution >= 4 is 29.4 Å². The first kappa shape index (κ1) is 22.5. The largest absolute Gasteiger partial charge is 0.490 e. The van der Waals surface area contributed by atoms with Crippen LogP contribution in [0, 0.1) is 6.92 Å². The SMILES string of the molecule is CCCOc1ccc(NC(=O)NC(=O)CSc2nnc(C)n2C)cc1OCCC. The van der Waals surface area contributed by atoms with Crippen molar-refractivity contribution in [2.45, 2.75) is 38.8 Å². The van der Waals surface area contributed by atoms with Crippen LogP contribution in [0.3, 0.4) is 0 Å². The first-order valence-corrected chi connectivity index (χ1v) is 10.4. The second-order valence-electron chi connectivity index (χ2n) is 6.24. The van der Waals surface area contributed by atoms with E-state index in [2.05, 4.69) is 20.8 Å². The molecule has 0 radical (unpaired) electrons. The number of anilines is 1. The van der Waals surface area contributed by atoms with Gasteiger partial charge in [0.05, 0.1) is 19.0 Å². The highest BCUT2D eigenvalue weighted by molar-refractivity contribution is 7.99. The van der Waals surface area contributed by atoms with Gasteiger partial charge in [0, 0.05) is 18.8 Å². The minimum atomic E-state index is -0.617. The number of nitrogens with one attached hydrogen (secondary N) is 2. The van der Waals surface area contributed by atoms with Crippen LogP contribution >= 0.6 is 11.8 Å². The molecule has 29 heavy (non-hydrogen) atoms. The van der Waals surface area contributed by atoms with Crippen LogP contribution in [0.25, 0.3) is 0 Å². The molecule has 0 atom stereocenters. The number of hydrogen-bond acceptors (Lipinski definition) is 7. The normalized spacial score (nSPS) is 10.5. The number of rotatable bonds is 10. The summed E-state index contributed by atoms with van der Waals surface area (Å²) in [5, 5.41) is 13.4. The van der Waals surface area contributed by atoms with Crippen molar-refractivity contribution in [1.82, 2.24) is 20.1 Å². The van der Waals surface area contributed by atoms with E-state index in [1.54, 1.807) is 22.8 Å². The second-order valence-corrected chi connectivity index (χ2v) is 7.18. The molecule has 0 saturated heterocycles. The van der Waals surface area contributed by atoms with Gasteiger partial charge in [-0.1, -0.05) is 25.6 Å². The van der Waals surface area contributed by atoms with Crippen LogP contribution in [0.15, 0.2) is 23.4 Å². The van der Waals surface area contributed by atoms with E-state index in [1.165, 1.54) is 11.8 Å². The Hall–Kier alpha value is -2.75. The molecule has 0 unspecified atom stereocenters. The van der Waals surface area contributed by atoms with E-state index in [0.717, 1.165) is 18.7 Å². The van der Waals surface area contributed by atoms with Crippen molar-refractivity contribution in [3.63, 3.8) is 0 Å². The van der Waals surface area contributed by atoms with E-state index in [1.807, 2.05) is 27.8 Å². The molecule has 2 rings (SSSR count). The number of thioether (sulfide) groups is 1. The Kier molecular flexibility index (Phi) is 8.78. The lowest BCUT2D eigenvalue weighted by Crippen LogP contribution is -2.35. The zero-order chi connectivity index (χ0) is 21.2. The molecule has 158 valence electrons. The van der Waals surface area contributed by atoms with Gasteiger partial charge in [-0.05, 0) is 31.9 Å². The second kappa shape index (κ2) is 11.3. The lowest BCUT2D eigenvalue weighted by atomic mass is 10.2. The molecule has 0 aliphatic rings. The van der Waals surface area contributed by atoms with Crippen LogP contribution in [-0.2, 0) is 11.8 Å². The summed E-state index contributed by atoms with van der Waals surface area (Å²) in [6.45, 7) is 6.96. The number of benzene rings is 1. The Labute approximate surface area is 174 Å². The van der Waals surface area contributed by atoms with Crippen molar-refractivity contribution in [2.75, 3.05) is 24.3 Å². The zero-order valence-electron chi connectivity index (χ0n) is 17.2. The minimum Gasteiger partial charge on any atom is -0.490 e. The molecule has 2 N–H and O–H groups in total. The lowest BCUT2D eigenvalue weighted by molar-refractivity contribution is -0.117. The molecule has 0 saturated carbocycles. The van der Waals surface area contributed by atoms with Crippen LogP contribution in [0.5, 0.6) is 11.5 Å².